The predicted octanol–water partition coefficient (Wildman–Crippen LogP) is 3.17. The van der Waals surface area contributed by atoms with E-state index in [1.165, 1.54) is 15.7 Å². The second-order valence-electron chi connectivity index (χ2n) is 7.34. The molecule has 0 fully saturated rings. The fourth-order valence-corrected chi connectivity index (χ4v) is 3.68. The zero-order valence-electron chi connectivity index (χ0n) is 15.7. The number of H-pyrrole nitrogens is 1. The number of methoxy groups -OCH3 is 1. The minimum absolute atomic E-state index is 0.0975. The van der Waals surface area contributed by atoms with Crippen LogP contribution in [0, 0.1) is 0 Å². The monoisotopic (exact) mass is 365 g/mol. The first-order chi connectivity index (χ1) is 13.0. The summed E-state index contributed by atoms with van der Waals surface area (Å²) < 4.78 is 6.99. The van der Waals surface area contributed by atoms with Crippen molar-refractivity contribution in [1.29, 1.82) is 0 Å². The van der Waals surface area contributed by atoms with Gasteiger partial charge in [0.05, 0.1) is 17.4 Å². The number of rotatable bonds is 4. The third kappa shape index (κ3) is 3.06. The highest BCUT2D eigenvalue weighted by Crippen LogP contribution is 2.32. The van der Waals surface area contributed by atoms with Crippen LogP contribution in [0.5, 0.6) is 5.75 Å². The maximum absolute atomic E-state index is 12.5. The van der Waals surface area contributed by atoms with Crippen LogP contribution in [0.2, 0.25) is 0 Å². The number of ether oxygens (including phenoxy) is 1. The van der Waals surface area contributed by atoms with E-state index in [1.54, 1.807) is 13.2 Å². The van der Waals surface area contributed by atoms with Gasteiger partial charge in [-0.25, -0.2) is 14.5 Å². The second kappa shape index (κ2) is 6.70. The summed E-state index contributed by atoms with van der Waals surface area (Å²) in [7, 11) is 1.72. The third-order valence-corrected chi connectivity index (χ3v) is 5.28. The maximum atomic E-state index is 12.5. The molecule has 0 spiro atoms. The number of aromatic amines is 1. The normalized spacial score (nSPS) is 16.1. The molecule has 1 aliphatic rings. The zero-order chi connectivity index (χ0) is 19.1. The van der Waals surface area contributed by atoms with Crippen LogP contribution in [-0.2, 0) is 17.6 Å². The average Bonchev–Trinajstić information content (AvgIpc) is 3.24. The molecule has 140 valence electrons. The van der Waals surface area contributed by atoms with E-state index >= 15 is 0 Å². The minimum Gasteiger partial charge on any atom is -0.507 e. The number of nitrogens with one attached hydrogen (secondary N) is 1. The largest absolute Gasteiger partial charge is 0.507 e. The van der Waals surface area contributed by atoms with Crippen molar-refractivity contribution in [2.45, 2.75) is 38.7 Å². The van der Waals surface area contributed by atoms with Gasteiger partial charge in [-0.05, 0) is 59.7 Å². The van der Waals surface area contributed by atoms with Crippen molar-refractivity contribution in [3.63, 3.8) is 0 Å². The quantitative estimate of drug-likeness (QED) is 0.744. The number of hydrogen-bond donors (Lipinski definition) is 2. The van der Waals surface area contributed by atoms with Crippen LogP contribution in [0.3, 0.4) is 0 Å². The van der Waals surface area contributed by atoms with Crippen LogP contribution >= 0.6 is 0 Å². The third-order valence-electron chi connectivity index (χ3n) is 5.28. The van der Waals surface area contributed by atoms with Crippen LogP contribution in [0.1, 0.15) is 36.5 Å². The van der Waals surface area contributed by atoms with Gasteiger partial charge in [-0.3, -0.25) is 0 Å². The average molecular weight is 365 g/mol. The summed E-state index contributed by atoms with van der Waals surface area (Å²) in [4.78, 5) is 12.5. The lowest BCUT2D eigenvalue weighted by Gasteiger charge is -2.12. The van der Waals surface area contributed by atoms with E-state index in [-0.39, 0.29) is 17.5 Å². The highest BCUT2D eigenvalue weighted by atomic mass is 16.5. The maximum Gasteiger partial charge on any atom is 0.348 e. The van der Waals surface area contributed by atoms with Crippen LogP contribution < -0.4 is 5.69 Å². The highest BCUT2D eigenvalue weighted by molar-refractivity contribution is 5.67. The standard InChI is InChI=1S/C21H23N3O3/c1-12(2)13-5-7-19(25)18(11-13)20-22-23-21(26)24(20)16-6-4-14-9-17(27-3)10-15(14)8-16/h4-8,11-12,17,25H,9-10H2,1-3H3,(H,23,26). The molecule has 27 heavy (non-hydrogen) atoms. The molecular weight excluding hydrogens is 342 g/mol. The van der Waals surface area contributed by atoms with Gasteiger partial charge in [0.25, 0.3) is 0 Å². The Labute approximate surface area is 157 Å². The first kappa shape index (κ1) is 17.5. The van der Waals surface area contributed by atoms with Gasteiger partial charge in [0, 0.05) is 7.11 Å². The van der Waals surface area contributed by atoms with E-state index in [2.05, 4.69) is 24.0 Å². The van der Waals surface area contributed by atoms with Crippen molar-refractivity contribution >= 4 is 0 Å². The van der Waals surface area contributed by atoms with Gasteiger partial charge in [0.1, 0.15) is 5.75 Å². The topological polar surface area (TPSA) is 80.1 Å². The summed E-state index contributed by atoms with van der Waals surface area (Å²) >= 11 is 0. The lowest BCUT2D eigenvalue weighted by Crippen LogP contribution is -2.16. The molecule has 0 saturated carbocycles. The van der Waals surface area contributed by atoms with Gasteiger partial charge in [-0.15, -0.1) is 0 Å². The van der Waals surface area contributed by atoms with Crippen molar-refractivity contribution in [3.8, 4) is 22.8 Å². The molecule has 0 radical (unpaired) electrons. The summed E-state index contributed by atoms with van der Waals surface area (Å²) in [5.74, 6) is 0.802. The molecule has 2 aromatic carbocycles. The number of benzene rings is 2. The van der Waals surface area contributed by atoms with E-state index in [1.807, 2.05) is 30.3 Å². The fourth-order valence-electron chi connectivity index (χ4n) is 3.68. The van der Waals surface area contributed by atoms with E-state index in [9.17, 15) is 9.90 Å². The summed E-state index contributed by atoms with van der Waals surface area (Å²) in [6.07, 6.45) is 1.90. The number of phenols is 1. The summed E-state index contributed by atoms with van der Waals surface area (Å²) in [5.41, 5.74) is 4.43. The molecule has 0 amide bonds. The van der Waals surface area contributed by atoms with Crippen molar-refractivity contribution < 1.29 is 9.84 Å². The SMILES string of the molecule is COC1Cc2ccc(-n3c(-c4cc(C(C)C)ccc4O)n[nH]c3=O)cc2C1. The number of hydrogen-bond acceptors (Lipinski definition) is 4. The van der Waals surface area contributed by atoms with Gasteiger partial charge < -0.3 is 9.84 Å². The molecule has 0 saturated heterocycles. The van der Waals surface area contributed by atoms with Crippen molar-refractivity contribution in [2.75, 3.05) is 7.11 Å². The van der Waals surface area contributed by atoms with Crippen LogP contribution in [0.15, 0.2) is 41.2 Å². The molecule has 1 heterocycles. The molecule has 2 N–H and O–H groups in total. The molecule has 0 aliphatic heterocycles. The van der Waals surface area contributed by atoms with Crippen molar-refractivity contribution in [2.24, 2.45) is 0 Å². The molecule has 0 bridgehead atoms. The molecule has 1 atom stereocenters. The zero-order valence-corrected chi connectivity index (χ0v) is 15.7. The molecule has 4 rings (SSSR count). The number of aromatic nitrogens is 3. The van der Waals surface area contributed by atoms with Crippen molar-refractivity contribution in [1.82, 2.24) is 14.8 Å². The summed E-state index contributed by atoms with van der Waals surface area (Å²) in [5, 5.41) is 17.1. The van der Waals surface area contributed by atoms with Gasteiger partial charge in [-0.2, -0.15) is 5.10 Å². The molecule has 1 unspecified atom stereocenters. The Morgan fingerprint density at radius 3 is 2.70 bits per heavy atom. The number of nitrogens with zero attached hydrogens (tertiary/aromatic N) is 2. The van der Waals surface area contributed by atoms with E-state index in [0.29, 0.717) is 17.3 Å². The van der Waals surface area contributed by atoms with Crippen LogP contribution in [0.4, 0.5) is 0 Å². The first-order valence-electron chi connectivity index (χ1n) is 9.13. The van der Waals surface area contributed by atoms with Gasteiger partial charge >= 0.3 is 5.69 Å². The summed E-state index contributed by atoms with van der Waals surface area (Å²) in [6.45, 7) is 4.17. The minimum atomic E-state index is -0.333. The molecule has 3 aromatic rings. The Morgan fingerprint density at radius 2 is 1.96 bits per heavy atom. The Kier molecular flexibility index (Phi) is 4.36. The van der Waals surface area contributed by atoms with Crippen LogP contribution in [-0.4, -0.2) is 33.1 Å². The van der Waals surface area contributed by atoms with E-state index in [0.717, 1.165) is 24.1 Å². The van der Waals surface area contributed by atoms with E-state index in [4.69, 9.17) is 4.74 Å². The van der Waals surface area contributed by atoms with E-state index < -0.39 is 0 Å². The van der Waals surface area contributed by atoms with Crippen molar-refractivity contribution in [3.05, 3.63) is 63.6 Å². The molecular formula is C21H23N3O3. The Balaban J connectivity index is 1.83. The molecule has 6 nitrogen and oxygen atoms in total. The predicted molar refractivity (Wildman–Crippen MR) is 104 cm³/mol. The molecule has 6 heteroatoms. The molecule has 1 aliphatic carbocycles. The second-order valence-corrected chi connectivity index (χ2v) is 7.34. The molecule has 1 aromatic heterocycles. The Hall–Kier alpha value is -2.86. The Morgan fingerprint density at radius 1 is 1.19 bits per heavy atom. The van der Waals surface area contributed by atoms with Gasteiger partial charge in [0.15, 0.2) is 5.82 Å². The van der Waals surface area contributed by atoms with Gasteiger partial charge in [0.2, 0.25) is 0 Å². The summed E-state index contributed by atoms with van der Waals surface area (Å²) in [6, 6.07) is 11.4. The highest BCUT2D eigenvalue weighted by Gasteiger charge is 2.23. The van der Waals surface area contributed by atoms with Crippen LogP contribution in [0.25, 0.3) is 17.1 Å². The first-order valence-corrected chi connectivity index (χ1v) is 9.13. The number of fused-ring (bicyclic) bond motifs is 1. The lowest BCUT2D eigenvalue weighted by molar-refractivity contribution is 0.112. The smallest absolute Gasteiger partial charge is 0.348 e. The number of phenolic OH excluding ortho intramolecular Hbond substituents is 1. The fraction of sp³-hybridized carbons (Fsp3) is 0.333. The lowest BCUT2D eigenvalue weighted by atomic mass is 10.00. The Bertz CT molecular complexity index is 1050. The number of aromatic hydroxyl groups is 1. The van der Waals surface area contributed by atoms with Gasteiger partial charge in [-0.1, -0.05) is 26.0 Å².